The molecule has 2 heterocycles. The summed E-state index contributed by atoms with van der Waals surface area (Å²) in [5, 5.41) is 0. The molecule has 0 bridgehead atoms. The van der Waals surface area contributed by atoms with E-state index >= 15 is 0 Å². The molecule has 1 aliphatic rings. The molecule has 19 heavy (non-hydrogen) atoms. The van der Waals surface area contributed by atoms with E-state index in [1.807, 2.05) is 0 Å². The molecule has 0 fully saturated rings. The average Bonchev–Trinajstić information content (AvgIpc) is 2.87. The zero-order valence-corrected chi connectivity index (χ0v) is 9.93. The fourth-order valence-corrected chi connectivity index (χ4v) is 2.28. The van der Waals surface area contributed by atoms with Crippen LogP contribution in [0.4, 0.5) is 10.1 Å². The number of fused-ring (bicyclic) bond motifs is 1. The van der Waals surface area contributed by atoms with Gasteiger partial charge in [-0.1, -0.05) is 0 Å². The first-order valence-electron chi connectivity index (χ1n) is 5.76. The van der Waals surface area contributed by atoms with Crippen molar-refractivity contribution < 1.29 is 9.18 Å². The normalized spacial score (nSPS) is 12.5. The van der Waals surface area contributed by atoms with Gasteiger partial charge in [0.25, 0.3) is 5.91 Å². The van der Waals surface area contributed by atoms with Crippen LogP contribution in [0.5, 0.6) is 0 Å². The lowest BCUT2D eigenvalue weighted by Crippen LogP contribution is -2.16. The van der Waals surface area contributed by atoms with Gasteiger partial charge in [0.05, 0.1) is 11.3 Å². The van der Waals surface area contributed by atoms with Crippen molar-refractivity contribution in [2.75, 3.05) is 0 Å². The van der Waals surface area contributed by atoms with E-state index in [1.54, 1.807) is 30.7 Å². The number of halogens is 1. The number of carbonyl (C=O) groups excluding carboxylic acids is 1. The number of rotatable bonds is 2. The molecule has 0 atom stereocenters. The lowest BCUT2D eigenvalue weighted by atomic mass is 9.95. The van der Waals surface area contributed by atoms with Crippen molar-refractivity contribution in [3.05, 3.63) is 47.5 Å². The van der Waals surface area contributed by atoms with Crippen LogP contribution in [0.1, 0.15) is 15.9 Å². The van der Waals surface area contributed by atoms with Gasteiger partial charge in [0.2, 0.25) is 0 Å². The van der Waals surface area contributed by atoms with Crippen LogP contribution in [-0.4, -0.2) is 17.1 Å². The number of amides is 1. The second kappa shape index (κ2) is 4.28. The minimum Gasteiger partial charge on any atom is -0.365 e. The van der Waals surface area contributed by atoms with Crippen LogP contribution in [0.25, 0.3) is 11.1 Å². The lowest BCUT2D eigenvalue weighted by Gasteiger charge is -2.11. The molecule has 2 aromatic rings. The average molecular weight is 255 g/mol. The van der Waals surface area contributed by atoms with E-state index in [-0.39, 0.29) is 5.56 Å². The minimum absolute atomic E-state index is 0.0645. The molecule has 4 nitrogen and oxygen atoms in total. The first kappa shape index (κ1) is 11.5. The number of hydrogen-bond donors (Lipinski definition) is 1. The van der Waals surface area contributed by atoms with E-state index in [9.17, 15) is 9.18 Å². The van der Waals surface area contributed by atoms with E-state index in [1.165, 1.54) is 6.07 Å². The standard InChI is InChI=1S/C14H10FN3O/c15-11-7-10(8-1-4-17-5-2-8)13-9(3-6-18-13)12(11)14(16)19/h1-2,4-7H,3H2,(H2,16,19). The summed E-state index contributed by atoms with van der Waals surface area (Å²) in [4.78, 5) is 19.5. The van der Waals surface area contributed by atoms with Gasteiger partial charge in [-0.25, -0.2) is 4.39 Å². The van der Waals surface area contributed by atoms with Gasteiger partial charge in [-0.3, -0.25) is 14.8 Å². The SMILES string of the molecule is NC(=O)c1c(F)cc(-c2ccncc2)c2c1CC=N2. The summed E-state index contributed by atoms with van der Waals surface area (Å²) in [7, 11) is 0. The predicted molar refractivity (Wildman–Crippen MR) is 70.0 cm³/mol. The van der Waals surface area contributed by atoms with Gasteiger partial charge in [0.15, 0.2) is 0 Å². The number of aromatic nitrogens is 1. The fourth-order valence-electron chi connectivity index (χ4n) is 2.28. The Kier molecular flexibility index (Phi) is 2.59. The Bertz CT molecular complexity index is 696. The molecule has 1 aromatic heterocycles. The molecule has 0 aliphatic carbocycles. The van der Waals surface area contributed by atoms with Crippen LogP contribution < -0.4 is 5.73 Å². The van der Waals surface area contributed by atoms with Crippen molar-refractivity contribution in [1.29, 1.82) is 0 Å². The smallest absolute Gasteiger partial charge is 0.252 e. The molecule has 5 heteroatoms. The van der Waals surface area contributed by atoms with Gasteiger partial charge in [-0.15, -0.1) is 0 Å². The third-order valence-electron chi connectivity index (χ3n) is 3.11. The molecule has 0 unspecified atom stereocenters. The topological polar surface area (TPSA) is 68.3 Å². The van der Waals surface area contributed by atoms with Crippen LogP contribution in [0.3, 0.4) is 0 Å². The highest BCUT2D eigenvalue weighted by atomic mass is 19.1. The van der Waals surface area contributed by atoms with Gasteiger partial charge in [-0.05, 0) is 29.3 Å². The Labute approximate surface area is 108 Å². The Morgan fingerprint density at radius 2 is 2.05 bits per heavy atom. The summed E-state index contributed by atoms with van der Waals surface area (Å²) in [5.74, 6) is -1.37. The van der Waals surface area contributed by atoms with Crippen molar-refractivity contribution in [3.8, 4) is 11.1 Å². The number of primary amides is 1. The number of hydrogen-bond acceptors (Lipinski definition) is 3. The van der Waals surface area contributed by atoms with Crippen molar-refractivity contribution in [2.24, 2.45) is 10.7 Å². The zero-order valence-electron chi connectivity index (χ0n) is 9.93. The molecule has 94 valence electrons. The maximum atomic E-state index is 14.1. The summed E-state index contributed by atoms with van der Waals surface area (Å²) in [6, 6.07) is 4.84. The first-order valence-corrected chi connectivity index (χ1v) is 5.76. The van der Waals surface area contributed by atoms with Gasteiger partial charge in [0.1, 0.15) is 5.82 Å². The molecule has 0 saturated carbocycles. The highest BCUT2D eigenvalue weighted by molar-refractivity contribution is 6.01. The molecule has 0 saturated heterocycles. The fraction of sp³-hybridized carbons (Fsp3) is 0.0714. The number of benzene rings is 1. The second-order valence-corrected chi connectivity index (χ2v) is 4.22. The van der Waals surface area contributed by atoms with E-state index < -0.39 is 11.7 Å². The van der Waals surface area contributed by atoms with Crippen molar-refractivity contribution >= 4 is 17.8 Å². The zero-order chi connectivity index (χ0) is 13.4. The quantitative estimate of drug-likeness (QED) is 0.894. The third kappa shape index (κ3) is 1.79. The van der Waals surface area contributed by atoms with Crippen LogP contribution in [0.2, 0.25) is 0 Å². The van der Waals surface area contributed by atoms with Gasteiger partial charge in [-0.2, -0.15) is 0 Å². The molecule has 0 radical (unpaired) electrons. The van der Waals surface area contributed by atoms with E-state index in [0.29, 0.717) is 23.2 Å². The maximum absolute atomic E-state index is 14.1. The molecule has 0 spiro atoms. The molecule has 1 amide bonds. The van der Waals surface area contributed by atoms with Crippen LogP contribution >= 0.6 is 0 Å². The largest absolute Gasteiger partial charge is 0.365 e. The minimum atomic E-state index is -0.763. The number of pyridine rings is 1. The van der Waals surface area contributed by atoms with Gasteiger partial charge < -0.3 is 5.73 Å². The second-order valence-electron chi connectivity index (χ2n) is 4.22. The maximum Gasteiger partial charge on any atom is 0.252 e. The lowest BCUT2D eigenvalue weighted by molar-refractivity contribution is 0.0996. The summed E-state index contributed by atoms with van der Waals surface area (Å²) in [6.07, 6.45) is 5.32. The monoisotopic (exact) mass is 255 g/mol. The van der Waals surface area contributed by atoms with Crippen LogP contribution in [0.15, 0.2) is 35.6 Å². The number of carbonyl (C=O) groups is 1. The van der Waals surface area contributed by atoms with Crippen LogP contribution in [0, 0.1) is 5.82 Å². The molecule has 1 aromatic carbocycles. The van der Waals surface area contributed by atoms with E-state index in [4.69, 9.17) is 5.73 Å². The number of nitrogens with two attached hydrogens (primary N) is 1. The Hall–Kier alpha value is -2.56. The highest BCUT2D eigenvalue weighted by Crippen LogP contribution is 2.39. The molecule has 3 rings (SSSR count). The summed E-state index contributed by atoms with van der Waals surface area (Å²) in [5.41, 5.74) is 7.79. The van der Waals surface area contributed by atoms with E-state index in [0.717, 1.165) is 5.56 Å². The van der Waals surface area contributed by atoms with Crippen LogP contribution in [-0.2, 0) is 6.42 Å². The Morgan fingerprint density at radius 1 is 1.32 bits per heavy atom. The predicted octanol–water partition coefficient (Wildman–Crippen LogP) is 2.25. The summed E-state index contributed by atoms with van der Waals surface area (Å²) >= 11 is 0. The molecule has 1 aliphatic heterocycles. The number of nitrogens with zero attached hydrogens (tertiary/aromatic N) is 2. The summed E-state index contributed by atoms with van der Waals surface area (Å²) < 4.78 is 14.1. The Morgan fingerprint density at radius 3 is 2.74 bits per heavy atom. The van der Waals surface area contributed by atoms with Crippen molar-refractivity contribution in [2.45, 2.75) is 6.42 Å². The van der Waals surface area contributed by atoms with Gasteiger partial charge >= 0.3 is 0 Å². The van der Waals surface area contributed by atoms with E-state index in [2.05, 4.69) is 9.98 Å². The summed E-state index contributed by atoms with van der Waals surface area (Å²) in [6.45, 7) is 0. The van der Waals surface area contributed by atoms with Gasteiger partial charge in [0, 0.05) is 30.6 Å². The van der Waals surface area contributed by atoms with Crippen molar-refractivity contribution in [1.82, 2.24) is 4.98 Å². The molecule has 2 N–H and O–H groups in total. The number of aliphatic imine (C=N–C) groups is 1. The Balaban J connectivity index is 2.29. The third-order valence-corrected chi connectivity index (χ3v) is 3.11. The molecular formula is C14H10FN3O. The molecular weight excluding hydrogens is 245 g/mol. The van der Waals surface area contributed by atoms with Crippen molar-refractivity contribution in [3.63, 3.8) is 0 Å². The highest BCUT2D eigenvalue weighted by Gasteiger charge is 2.23. The first-order chi connectivity index (χ1) is 9.18.